The molecule has 1 aliphatic carbocycles. The largest absolute Gasteiger partial charge is 0.462 e. The molecule has 0 unspecified atom stereocenters. The lowest BCUT2D eigenvalue weighted by atomic mass is 9.59. The van der Waals surface area contributed by atoms with Crippen molar-refractivity contribution in [1.29, 1.82) is 0 Å². The van der Waals surface area contributed by atoms with Crippen LogP contribution in [0.15, 0.2) is 11.6 Å². The number of hydrogen-bond acceptors (Lipinski definition) is 4. The Morgan fingerprint density at radius 3 is 2.80 bits per heavy atom. The van der Waals surface area contributed by atoms with Crippen molar-refractivity contribution in [3.63, 3.8) is 0 Å². The summed E-state index contributed by atoms with van der Waals surface area (Å²) in [5.74, 6) is -0.202. The summed E-state index contributed by atoms with van der Waals surface area (Å²) in [5, 5.41) is 11.2. The van der Waals surface area contributed by atoms with Crippen molar-refractivity contribution in [3.05, 3.63) is 11.6 Å². The SMILES string of the molecule is CC1(C)CC[C@@H]2O[C@]2(C)[C@@]1(O)CC/C=C1/CCOC1=O. The van der Waals surface area contributed by atoms with Crippen molar-refractivity contribution in [3.8, 4) is 0 Å². The lowest BCUT2D eigenvalue weighted by Gasteiger charge is -2.48. The number of epoxide rings is 1. The maximum absolute atomic E-state index is 11.4. The average molecular weight is 280 g/mol. The van der Waals surface area contributed by atoms with Crippen molar-refractivity contribution in [2.75, 3.05) is 6.61 Å². The van der Waals surface area contributed by atoms with E-state index in [1.54, 1.807) is 0 Å². The van der Waals surface area contributed by atoms with Crippen LogP contribution in [-0.4, -0.2) is 35.0 Å². The Kier molecular flexibility index (Phi) is 3.04. The monoisotopic (exact) mass is 280 g/mol. The van der Waals surface area contributed by atoms with Crippen molar-refractivity contribution in [1.82, 2.24) is 0 Å². The highest BCUT2D eigenvalue weighted by Gasteiger charge is 2.72. The molecule has 2 aliphatic heterocycles. The van der Waals surface area contributed by atoms with Crippen molar-refractivity contribution >= 4 is 5.97 Å². The Morgan fingerprint density at radius 1 is 1.40 bits per heavy atom. The van der Waals surface area contributed by atoms with Crippen LogP contribution < -0.4 is 0 Å². The van der Waals surface area contributed by atoms with Gasteiger partial charge in [-0.3, -0.25) is 0 Å². The van der Waals surface area contributed by atoms with Gasteiger partial charge in [-0.1, -0.05) is 19.9 Å². The number of fused-ring (bicyclic) bond motifs is 1. The zero-order valence-corrected chi connectivity index (χ0v) is 12.6. The first-order chi connectivity index (χ1) is 9.30. The van der Waals surface area contributed by atoms with Gasteiger partial charge >= 0.3 is 5.97 Å². The molecule has 0 radical (unpaired) electrons. The molecule has 0 spiro atoms. The summed E-state index contributed by atoms with van der Waals surface area (Å²) in [5.41, 5.74) is -0.657. The van der Waals surface area contributed by atoms with E-state index in [0.717, 1.165) is 18.4 Å². The minimum absolute atomic E-state index is 0.163. The molecule has 1 N–H and O–H groups in total. The predicted molar refractivity (Wildman–Crippen MR) is 74.1 cm³/mol. The van der Waals surface area contributed by atoms with Crippen LogP contribution >= 0.6 is 0 Å². The zero-order chi connectivity index (χ0) is 14.6. The van der Waals surface area contributed by atoms with Crippen LogP contribution in [0.25, 0.3) is 0 Å². The zero-order valence-electron chi connectivity index (χ0n) is 12.6. The van der Waals surface area contributed by atoms with Crippen LogP contribution in [-0.2, 0) is 14.3 Å². The molecule has 3 rings (SSSR count). The summed E-state index contributed by atoms with van der Waals surface area (Å²) in [4.78, 5) is 11.4. The molecule has 0 amide bonds. The first kappa shape index (κ1) is 14.1. The molecule has 0 aromatic heterocycles. The van der Waals surface area contributed by atoms with E-state index < -0.39 is 11.2 Å². The standard InChI is InChI=1S/C16H24O4/c1-14(2)9-6-12-15(3,20-12)16(14,18)8-4-5-11-7-10-19-13(11)17/h5,12,18H,4,6-10H2,1-3H3/b11-5-/t12-,15-,16+/m0/s1. The number of carbonyl (C=O) groups is 1. The second-order valence-corrected chi connectivity index (χ2v) is 7.15. The number of aliphatic hydroxyl groups is 1. The molecular weight excluding hydrogens is 256 g/mol. The molecule has 2 heterocycles. The van der Waals surface area contributed by atoms with E-state index >= 15 is 0 Å². The summed E-state index contributed by atoms with van der Waals surface area (Å²) >= 11 is 0. The Balaban J connectivity index is 1.73. The van der Waals surface area contributed by atoms with Crippen molar-refractivity contribution in [2.24, 2.45) is 5.41 Å². The second-order valence-electron chi connectivity index (χ2n) is 7.15. The third kappa shape index (κ3) is 1.85. The van der Waals surface area contributed by atoms with Gasteiger partial charge in [0.05, 0.1) is 12.7 Å². The number of carbonyl (C=O) groups excluding carboxylic acids is 1. The minimum atomic E-state index is -0.831. The number of cyclic esters (lactones) is 1. The van der Waals surface area contributed by atoms with Crippen LogP contribution in [0.1, 0.15) is 52.9 Å². The fourth-order valence-electron chi connectivity index (χ4n) is 4.01. The number of rotatable bonds is 3. The predicted octanol–water partition coefficient (Wildman–Crippen LogP) is 2.35. The summed E-state index contributed by atoms with van der Waals surface area (Å²) in [6, 6.07) is 0. The van der Waals surface area contributed by atoms with Gasteiger partial charge in [-0.25, -0.2) is 4.79 Å². The lowest BCUT2D eigenvalue weighted by molar-refractivity contribution is -0.135. The average Bonchev–Trinajstić information content (AvgIpc) is 2.90. The van der Waals surface area contributed by atoms with Gasteiger partial charge in [0.1, 0.15) is 11.2 Å². The fraction of sp³-hybridized carbons (Fsp3) is 0.812. The van der Waals surface area contributed by atoms with Gasteiger partial charge in [-0.15, -0.1) is 0 Å². The maximum Gasteiger partial charge on any atom is 0.333 e. The normalized spacial score (nSPS) is 44.3. The first-order valence-corrected chi connectivity index (χ1v) is 7.56. The molecule has 0 aromatic rings. The van der Waals surface area contributed by atoms with Crippen LogP contribution in [0.4, 0.5) is 0 Å². The first-order valence-electron chi connectivity index (χ1n) is 7.56. The summed E-state index contributed by atoms with van der Waals surface area (Å²) in [6.45, 7) is 6.75. The van der Waals surface area contributed by atoms with E-state index in [2.05, 4.69) is 13.8 Å². The smallest absolute Gasteiger partial charge is 0.333 e. The van der Waals surface area contributed by atoms with Gasteiger partial charge in [0, 0.05) is 12.0 Å². The van der Waals surface area contributed by atoms with Gasteiger partial charge in [0.15, 0.2) is 0 Å². The van der Waals surface area contributed by atoms with Gasteiger partial charge in [0.2, 0.25) is 0 Å². The minimum Gasteiger partial charge on any atom is -0.462 e. The Morgan fingerprint density at radius 2 is 2.15 bits per heavy atom. The van der Waals surface area contributed by atoms with E-state index in [1.165, 1.54) is 0 Å². The van der Waals surface area contributed by atoms with Crippen LogP contribution in [0.5, 0.6) is 0 Å². The molecule has 0 aromatic carbocycles. The third-order valence-corrected chi connectivity index (χ3v) is 5.68. The van der Waals surface area contributed by atoms with E-state index in [0.29, 0.717) is 25.9 Å². The highest BCUT2D eigenvalue weighted by Crippen LogP contribution is 2.61. The van der Waals surface area contributed by atoms with Gasteiger partial charge in [-0.05, 0) is 38.0 Å². The summed E-state index contributed by atoms with van der Waals surface area (Å²) in [6.07, 6.45) is 6.14. The van der Waals surface area contributed by atoms with Gasteiger partial charge in [0.25, 0.3) is 0 Å². The second kappa shape index (κ2) is 4.31. The van der Waals surface area contributed by atoms with E-state index in [9.17, 15) is 9.90 Å². The fourth-order valence-corrected chi connectivity index (χ4v) is 4.01. The Bertz CT molecular complexity index is 460. The molecule has 4 nitrogen and oxygen atoms in total. The molecule has 20 heavy (non-hydrogen) atoms. The van der Waals surface area contributed by atoms with Crippen molar-refractivity contribution < 1.29 is 19.4 Å². The molecule has 112 valence electrons. The van der Waals surface area contributed by atoms with E-state index in [-0.39, 0.29) is 17.5 Å². The van der Waals surface area contributed by atoms with E-state index in [1.807, 2.05) is 13.0 Å². The van der Waals surface area contributed by atoms with Crippen LogP contribution in [0, 0.1) is 5.41 Å². The van der Waals surface area contributed by atoms with Crippen LogP contribution in [0.2, 0.25) is 0 Å². The topological polar surface area (TPSA) is 59.1 Å². The molecule has 3 aliphatic rings. The Hall–Kier alpha value is -0.870. The van der Waals surface area contributed by atoms with Gasteiger partial charge in [-0.2, -0.15) is 0 Å². The highest BCUT2D eigenvalue weighted by atomic mass is 16.6. The Labute approximate surface area is 120 Å². The number of hydrogen-bond donors (Lipinski definition) is 1. The molecule has 3 fully saturated rings. The molecule has 1 saturated carbocycles. The molecule has 2 saturated heterocycles. The number of allylic oxidation sites excluding steroid dienone is 1. The summed E-state index contributed by atoms with van der Waals surface area (Å²) in [7, 11) is 0. The van der Waals surface area contributed by atoms with Crippen LogP contribution in [0.3, 0.4) is 0 Å². The number of ether oxygens (including phenoxy) is 2. The van der Waals surface area contributed by atoms with Crippen molar-refractivity contribution in [2.45, 2.75) is 70.2 Å². The molecule has 0 bridgehead atoms. The lowest BCUT2D eigenvalue weighted by Crippen LogP contribution is -2.58. The summed E-state index contributed by atoms with van der Waals surface area (Å²) < 4.78 is 10.7. The maximum atomic E-state index is 11.4. The van der Waals surface area contributed by atoms with Gasteiger partial charge < -0.3 is 14.6 Å². The quantitative estimate of drug-likeness (QED) is 0.490. The molecular formula is C16H24O4. The molecule has 3 atom stereocenters. The van der Waals surface area contributed by atoms with E-state index in [4.69, 9.17) is 9.47 Å². The highest BCUT2D eigenvalue weighted by molar-refractivity contribution is 5.90. The molecule has 4 heteroatoms. The third-order valence-electron chi connectivity index (χ3n) is 5.68. The number of esters is 1.